The number of anilines is 1. The molecule has 6 heteroatoms. The van der Waals surface area contributed by atoms with Crippen molar-refractivity contribution >= 4 is 5.95 Å². The standard InChI is InChI=1S/C13H19N5O/c1-9(14)10-4-6-18(7-5-10)13-15-12(16-17-13)11-3-2-8-19-11/h2-3,8-10H,4-7,14H2,1H3,(H,15,16,17). The van der Waals surface area contributed by atoms with Gasteiger partial charge in [0, 0.05) is 19.1 Å². The van der Waals surface area contributed by atoms with E-state index in [0.29, 0.717) is 17.5 Å². The Balaban J connectivity index is 1.68. The molecule has 0 amide bonds. The van der Waals surface area contributed by atoms with Crippen LogP contribution in [0.3, 0.4) is 0 Å². The molecule has 1 fully saturated rings. The first-order valence-electron chi connectivity index (χ1n) is 6.71. The SMILES string of the molecule is CC(N)C1CCN(c2n[nH]c(-c3ccco3)n2)CC1. The number of aromatic amines is 1. The summed E-state index contributed by atoms with van der Waals surface area (Å²) in [5.74, 6) is 2.74. The van der Waals surface area contributed by atoms with Crippen LogP contribution in [0.4, 0.5) is 5.95 Å². The maximum Gasteiger partial charge on any atom is 0.245 e. The van der Waals surface area contributed by atoms with Crippen molar-refractivity contribution in [2.24, 2.45) is 11.7 Å². The Morgan fingerprint density at radius 2 is 2.26 bits per heavy atom. The molecule has 1 aliphatic rings. The van der Waals surface area contributed by atoms with Crippen molar-refractivity contribution < 1.29 is 4.42 Å². The van der Waals surface area contributed by atoms with Gasteiger partial charge in [-0.3, -0.25) is 5.10 Å². The summed E-state index contributed by atoms with van der Waals surface area (Å²) in [6.07, 6.45) is 3.83. The summed E-state index contributed by atoms with van der Waals surface area (Å²) in [6.45, 7) is 4.01. The second kappa shape index (κ2) is 5.05. The van der Waals surface area contributed by atoms with Gasteiger partial charge in [0.15, 0.2) is 11.6 Å². The van der Waals surface area contributed by atoms with Gasteiger partial charge in [-0.25, -0.2) is 0 Å². The molecule has 0 aromatic carbocycles. The summed E-state index contributed by atoms with van der Waals surface area (Å²) in [5.41, 5.74) is 5.95. The Morgan fingerprint density at radius 3 is 2.89 bits per heavy atom. The predicted molar refractivity (Wildman–Crippen MR) is 72.7 cm³/mol. The number of H-pyrrole nitrogens is 1. The van der Waals surface area contributed by atoms with E-state index in [1.165, 1.54) is 0 Å². The molecule has 102 valence electrons. The molecule has 2 aromatic heterocycles. The van der Waals surface area contributed by atoms with E-state index in [1.807, 2.05) is 12.1 Å². The molecule has 3 N–H and O–H groups in total. The average molecular weight is 261 g/mol. The summed E-state index contributed by atoms with van der Waals surface area (Å²) in [7, 11) is 0. The monoisotopic (exact) mass is 261 g/mol. The number of rotatable bonds is 3. The van der Waals surface area contributed by atoms with Crippen molar-refractivity contribution in [1.29, 1.82) is 0 Å². The van der Waals surface area contributed by atoms with Crippen molar-refractivity contribution in [1.82, 2.24) is 15.2 Å². The zero-order valence-electron chi connectivity index (χ0n) is 11.0. The molecule has 2 aromatic rings. The zero-order chi connectivity index (χ0) is 13.2. The maximum atomic E-state index is 5.95. The molecular weight excluding hydrogens is 242 g/mol. The van der Waals surface area contributed by atoms with E-state index < -0.39 is 0 Å². The lowest BCUT2D eigenvalue weighted by molar-refractivity contribution is 0.352. The minimum absolute atomic E-state index is 0.271. The van der Waals surface area contributed by atoms with Crippen molar-refractivity contribution in [2.45, 2.75) is 25.8 Å². The minimum atomic E-state index is 0.271. The predicted octanol–water partition coefficient (Wildman–Crippen LogP) is 1.63. The topological polar surface area (TPSA) is 84.0 Å². The summed E-state index contributed by atoms with van der Waals surface area (Å²) in [4.78, 5) is 6.68. The van der Waals surface area contributed by atoms with Gasteiger partial charge in [-0.15, -0.1) is 5.10 Å². The Morgan fingerprint density at radius 1 is 1.47 bits per heavy atom. The number of nitrogens with zero attached hydrogens (tertiary/aromatic N) is 3. The van der Waals surface area contributed by atoms with Crippen LogP contribution in [0.25, 0.3) is 11.6 Å². The number of nitrogens with one attached hydrogen (secondary N) is 1. The van der Waals surface area contributed by atoms with Crippen molar-refractivity contribution in [2.75, 3.05) is 18.0 Å². The molecular formula is C13H19N5O. The van der Waals surface area contributed by atoms with Gasteiger partial charge in [0.1, 0.15) is 0 Å². The van der Waals surface area contributed by atoms with Crippen LogP contribution in [-0.2, 0) is 0 Å². The molecule has 0 aliphatic carbocycles. The summed E-state index contributed by atoms with van der Waals surface area (Å²) in [5, 5.41) is 7.18. The van der Waals surface area contributed by atoms with Crippen molar-refractivity contribution in [3.8, 4) is 11.6 Å². The van der Waals surface area contributed by atoms with Crippen LogP contribution in [0.2, 0.25) is 0 Å². The highest BCUT2D eigenvalue weighted by Gasteiger charge is 2.24. The lowest BCUT2D eigenvalue weighted by Gasteiger charge is -2.32. The third kappa shape index (κ3) is 2.49. The van der Waals surface area contributed by atoms with Crippen LogP contribution in [-0.4, -0.2) is 34.3 Å². The van der Waals surface area contributed by atoms with Crippen LogP contribution in [0.1, 0.15) is 19.8 Å². The first-order chi connectivity index (χ1) is 9.24. The lowest BCUT2D eigenvalue weighted by atomic mass is 9.91. The summed E-state index contributed by atoms with van der Waals surface area (Å²) < 4.78 is 5.30. The summed E-state index contributed by atoms with van der Waals surface area (Å²) in [6, 6.07) is 3.98. The third-order valence-electron chi connectivity index (χ3n) is 3.79. The Kier molecular flexibility index (Phi) is 3.25. The number of nitrogens with two attached hydrogens (primary N) is 1. The number of piperidine rings is 1. The second-order valence-corrected chi connectivity index (χ2v) is 5.14. The molecule has 0 bridgehead atoms. The van der Waals surface area contributed by atoms with E-state index >= 15 is 0 Å². The van der Waals surface area contributed by atoms with Gasteiger partial charge in [-0.1, -0.05) is 0 Å². The zero-order valence-corrected chi connectivity index (χ0v) is 11.0. The normalized spacial score (nSPS) is 18.7. The fourth-order valence-electron chi connectivity index (χ4n) is 2.54. The van der Waals surface area contributed by atoms with Crippen molar-refractivity contribution in [3.63, 3.8) is 0 Å². The lowest BCUT2D eigenvalue weighted by Crippen LogP contribution is -2.40. The van der Waals surface area contributed by atoms with E-state index in [-0.39, 0.29) is 6.04 Å². The Bertz CT molecular complexity index is 511. The highest BCUT2D eigenvalue weighted by Crippen LogP contribution is 2.24. The number of aromatic nitrogens is 3. The first-order valence-corrected chi connectivity index (χ1v) is 6.71. The van der Waals surface area contributed by atoms with Gasteiger partial charge in [0.05, 0.1) is 6.26 Å². The van der Waals surface area contributed by atoms with Gasteiger partial charge in [-0.2, -0.15) is 4.98 Å². The Hall–Kier alpha value is -1.82. The molecule has 0 saturated carbocycles. The molecule has 19 heavy (non-hydrogen) atoms. The minimum Gasteiger partial charge on any atom is -0.461 e. The third-order valence-corrected chi connectivity index (χ3v) is 3.79. The van der Waals surface area contributed by atoms with Gasteiger partial charge < -0.3 is 15.1 Å². The van der Waals surface area contributed by atoms with Crippen LogP contribution in [0.15, 0.2) is 22.8 Å². The van der Waals surface area contributed by atoms with E-state index in [4.69, 9.17) is 10.2 Å². The fourth-order valence-corrected chi connectivity index (χ4v) is 2.54. The summed E-state index contributed by atoms with van der Waals surface area (Å²) >= 11 is 0. The van der Waals surface area contributed by atoms with Gasteiger partial charge >= 0.3 is 0 Å². The number of hydrogen-bond donors (Lipinski definition) is 2. The largest absolute Gasteiger partial charge is 0.461 e. The van der Waals surface area contributed by atoms with Gasteiger partial charge in [-0.05, 0) is 37.8 Å². The van der Waals surface area contributed by atoms with Gasteiger partial charge in [0.2, 0.25) is 5.95 Å². The van der Waals surface area contributed by atoms with E-state index in [2.05, 4.69) is 27.0 Å². The van der Waals surface area contributed by atoms with Crippen molar-refractivity contribution in [3.05, 3.63) is 18.4 Å². The molecule has 1 atom stereocenters. The fraction of sp³-hybridized carbons (Fsp3) is 0.538. The smallest absolute Gasteiger partial charge is 0.245 e. The van der Waals surface area contributed by atoms with Crippen LogP contribution >= 0.6 is 0 Å². The van der Waals surface area contributed by atoms with Crippen LogP contribution < -0.4 is 10.6 Å². The highest BCUT2D eigenvalue weighted by molar-refractivity contribution is 5.48. The molecule has 1 saturated heterocycles. The average Bonchev–Trinajstić information content (AvgIpc) is 3.10. The van der Waals surface area contributed by atoms with E-state index in [1.54, 1.807) is 6.26 Å². The molecule has 1 unspecified atom stereocenters. The number of furan rings is 1. The molecule has 3 rings (SSSR count). The highest BCUT2D eigenvalue weighted by atomic mass is 16.3. The van der Waals surface area contributed by atoms with E-state index in [9.17, 15) is 0 Å². The number of hydrogen-bond acceptors (Lipinski definition) is 5. The van der Waals surface area contributed by atoms with Crippen LogP contribution in [0, 0.1) is 5.92 Å². The Labute approximate surface area is 112 Å². The van der Waals surface area contributed by atoms with Gasteiger partial charge in [0.25, 0.3) is 0 Å². The molecule has 6 nitrogen and oxygen atoms in total. The molecule has 0 spiro atoms. The van der Waals surface area contributed by atoms with Crippen LogP contribution in [0.5, 0.6) is 0 Å². The molecule has 3 heterocycles. The quantitative estimate of drug-likeness (QED) is 0.877. The first kappa shape index (κ1) is 12.2. The molecule has 1 aliphatic heterocycles. The second-order valence-electron chi connectivity index (χ2n) is 5.14. The van der Waals surface area contributed by atoms with E-state index in [0.717, 1.165) is 31.9 Å². The maximum absolute atomic E-state index is 5.95. The molecule has 0 radical (unpaired) electrons.